The Bertz CT molecular complexity index is 442. The van der Waals surface area contributed by atoms with Crippen molar-refractivity contribution in [2.75, 3.05) is 42.6 Å². The Morgan fingerprint density at radius 1 is 1.19 bits per heavy atom. The van der Waals surface area contributed by atoms with Crippen molar-refractivity contribution in [1.29, 1.82) is 0 Å². The van der Waals surface area contributed by atoms with E-state index in [1.165, 1.54) is 32.1 Å². The number of ether oxygens (including phenoxy) is 1. The van der Waals surface area contributed by atoms with Gasteiger partial charge >= 0.3 is 0 Å². The molecule has 0 radical (unpaired) electrons. The Balaban J connectivity index is 1.76. The summed E-state index contributed by atoms with van der Waals surface area (Å²) in [7, 11) is 0. The van der Waals surface area contributed by atoms with Crippen molar-refractivity contribution < 1.29 is 4.74 Å². The highest BCUT2D eigenvalue weighted by molar-refractivity contribution is 5.51. The molecular weight excluding hydrogens is 264 g/mol. The molecule has 2 heterocycles. The fourth-order valence-electron chi connectivity index (χ4n) is 3.46. The number of rotatable bonds is 4. The molecule has 0 bridgehead atoms. The van der Waals surface area contributed by atoms with Gasteiger partial charge in [0.25, 0.3) is 0 Å². The van der Waals surface area contributed by atoms with Gasteiger partial charge < -0.3 is 14.5 Å². The van der Waals surface area contributed by atoms with Crippen LogP contribution in [-0.2, 0) is 4.74 Å². The molecule has 0 amide bonds. The van der Waals surface area contributed by atoms with Crippen molar-refractivity contribution in [3.8, 4) is 0 Å². The van der Waals surface area contributed by atoms with Crippen LogP contribution in [0.2, 0.25) is 0 Å². The summed E-state index contributed by atoms with van der Waals surface area (Å²) in [5.41, 5.74) is 0. The van der Waals surface area contributed by atoms with Crippen LogP contribution < -0.4 is 9.80 Å². The highest BCUT2D eigenvalue weighted by Gasteiger charge is 2.22. The van der Waals surface area contributed by atoms with E-state index in [9.17, 15) is 0 Å². The second-order valence-corrected chi connectivity index (χ2v) is 5.91. The van der Waals surface area contributed by atoms with Crippen molar-refractivity contribution in [3.05, 3.63) is 12.4 Å². The van der Waals surface area contributed by atoms with Gasteiger partial charge in [0.05, 0.1) is 13.2 Å². The van der Waals surface area contributed by atoms with Crippen LogP contribution >= 0.6 is 0 Å². The zero-order valence-corrected chi connectivity index (χ0v) is 13.0. The van der Waals surface area contributed by atoms with Crippen LogP contribution in [0.25, 0.3) is 0 Å². The minimum absolute atomic E-state index is 0.649. The molecule has 0 spiro atoms. The third-order valence-corrected chi connectivity index (χ3v) is 4.62. The van der Waals surface area contributed by atoms with E-state index in [1.54, 1.807) is 6.33 Å². The molecule has 2 aliphatic rings. The van der Waals surface area contributed by atoms with Crippen LogP contribution in [0.4, 0.5) is 11.6 Å². The normalized spacial score (nSPS) is 20.5. The molecule has 1 aliphatic carbocycles. The fourth-order valence-corrected chi connectivity index (χ4v) is 3.46. The van der Waals surface area contributed by atoms with Gasteiger partial charge in [-0.05, 0) is 19.8 Å². The van der Waals surface area contributed by atoms with Gasteiger partial charge in [0.2, 0.25) is 0 Å². The highest BCUT2D eigenvalue weighted by atomic mass is 16.5. The molecule has 2 fully saturated rings. The van der Waals surface area contributed by atoms with Gasteiger partial charge in [0.15, 0.2) is 0 Å². The molecule has 0 N–H and O–H groups in total. The molecule has 1 aliphatic heterocycles. The Kier molecular flexibility index (Phi) is 4.91. The van der Waals surface area contributed by atoms with E-state index in [2.05, 4.69) is 32.8 Å². The second-order valence-electron chi connectivity index (χ2n) is 5.91. The maximum atomic E-state index is 5.42. The first-order chi connectivity index (χ1) is 10.4. The zero-order chi connectivity index (χ0) is 14.5. The Morgan fingerprint density at radius 3 is 2.67 bits per heavy atom. The van der Waals surface area contributed by atoms with Crippen LogP contribution in [0.5, 0.6) is 0 Å². The summed E-state index contributed by atoms with van der Waals surface area (Å²) in [5.74, 6) is 2.12. The molecule has 1 aromatic rings. The molecule has 0 unspecified atom stereocenters. The van der Waals surface area contributed by atoms with Gasteiger partial charge in [-0.15, -0.1) is 0 Å². The molecule has 116 valence electrons. The number of aromatic nitrogens is 2. The average Bonchev–Trinajstić information content (AvgIpc) is 2.58. The molecule has 5 heteroatoms. The predicted octanol–water partition coefficient (Wildman–Crippen LogP) is 2.47. The largest absolute Gasteiger partial charge is 0.378 e. The smallest absolute Gasteiger partial charge is 0.134 e. The first-order valence-corrected chi connectivity index (χ1v) is 8.30. The lowest BCUT2D eigenvalue weighted by Gasteiger charge is -2.35. The number of anilines is 2. The van der Waals surface area contributed by atoms with E-state index >= 15 is 0 Å². The maximum absolute atomic E-state index is 5.42. The standard InChI is InChI=1S/C16H26N4O/c1-2-20(14-6-4-3-5-7-14)16-12-15(17-13-18-16)19-8-10-21-11-9-19/h12-14H,2-11H2,1H3. The Labute approximate surface area is 127 Å². The number of morpholine rings is 1. The molecular formula is C16H26N4O. The minimum Gasteiger partial charge on any atom is -0.378 e. The summed E-state index contributed by atoms with van der Waals surface area (Å²) < 4.78 is 5.42. The highest BCUT2D eigenvalue weighted by Crippen LogP contribution is 2.27. The van der Waals surface area contributed by atoms with Gasteiger partial charge in [-0.2, -0.15) is 0 Å². The Morgan fingerprint density at radius 2 is 1.95 bits per heavy atom. The van der Waals surface area contributed by atoms with Gasteiger partial charge in [-0.3, -0.25) is 0 Å². The van der Waals surface area contributed by atoms with Crippen LogP contribution in [0.3, 0.4) is 0 Å². The minimum atomic E-state index is 0.649. The van der Waals surface area contributed by atoms with Gasteiger partial charge in [0, 0.05) is 31.7 Å². The molecule has 1 saturated heterocycles. The first kappa shape index (κ1) is 14.6. The van der Waals surface area contributed by atoms with Crippen molar-refractivity contribution in [3.63, 3.8) is 0 Å². The van der Waals surface area contributed by atoms with Crippen LogP contribution in [0, 0.1) is 0 Å². The lowest BCUT2D eigenvalue weighted by Crippen LogP contribution is -2.39. The van der Waals surface area contributed by atoms with E-state index < -0.39 is 0 Å². The molecule has 1 saturated carbocycles. The van der Waals surface area contributed by atoms with E-state index in [0.29, 0.717) is 6.04 Å². The summed E-state index contributed by atoms with van der Waals surface area (Å²) in [4.78, 5) is 13.8. The van der Waals surface area contributed by atoms with E-state index in [-0.39, 0.29) is 0 Å². The van der Waals surface area contributed by atoms with Gasteiger partial charge in [-0.25, -0.2) is 9.97 Å². The third-order valence-electron chi connectivity index (χ3n) is 4.62. The van der Waals surface area contributed by atoms with Crippen molar-refractivity contribution in [2.24, 2.45) is 0 Å². The van der Waals surface area contributed by atoms with E-state index in [4.69, 9.17) is 4.74 Å². The van der Waals surface area contributed by atoms with Crippen LogP contribution in [0.15, 0.2) is 12.4 Å². The summed E-state index contributed by atoms with van der Waals surface area (Å²) in [5, 5.41) is 0. The zero-order valence-electron chi connectivity index (χ0n) is 13.0. The van der Waals surface area contributed by atoms with Crippen LogP contribution in [-0.4, -0.2) is 48.9 Å². The van der Waals surface area contributed by atoms with E-state index in [0.717, 1.165) is 44.5 Å². The fraction of sp³-hybridized carbons (Fsp3) is 0.750. The number of hydrogen-bond donors (Lipinski definition) is 0. The molecule has 1 aromatic heterocycles. The van der Waals surface area contributed by atoms with E-state index in [1.807, 2.05) is 0 Å². The number of hydrogen-bond acceptors (Lipinski definition) is 5. The van der Waals surface area contributed by atoms with Gasteiger partial charge in [0.1, 0.15) is 18.0 Å². The molecule has 0 atom stereocenters. The summed E-state index contributed by atoms with van der Waals surface area (Å²) >= 11 is 0. The monoisotopic (exact) mass is 290 g/mol. The molecule has 0 aromatic carbocycles. The van der Waals surface area contributed by atoms with Crippen molar-refractivity contribution >= 4 is 11.6 Å². The number of nitrogens with zero attached hydrogens (tertiary/aromatic N) is 4. The quantitative estimate of drug-likeness (QED) is 0.852. The lowest BCUT2D eigenvalue weighted by molar-refractivity contribution is 0.122. The average molecular weight is 290 g/mol. The summed E-state index contributed by atoms with van der Waals surface area (Å²) in [6, 6.07) is 2.81. The van der Waals surface area contributed by atoms with Gasteiger partial charge in [-0.1, -0.05) is 19.3 Å². The second kappa shape index (κ2) is 7.07. The molecule has 3 rings (SSSR count). The molecule has 21 heavy (non-hydrogen) atoms. The van der Waals surface area contributed by atoms with Crippen molar-refractivity contribution in [2.45, 2.75) is 45.1 Å². The first-order valence-electron chi connectivity index (χ1n) is 8.30. The topological polar surface area (TPSA) is 41.5 Å². The summed E-state index contributed by atoms with van der Waals surface area (Å²) in [6.07, 6.45) is 8.39. The predicted molar refractivity (Wildman–Crippen MR) is 85.0 cm³/mol. The van der Waals surface area contributed by atoms with Crippen LogP contribution in [0.1, 0.15) is 39.0 Å². The third kappa shape index (κ3) is 3.46. The SMILES string of the molecule is CCN(c1cc(N2CCOCC2)ncn1)C1CCCCC1. The molecule has 5 nitrogen and oxygen atoms in total. The summed E-state index contributed by atoms with van der Waals surface area (Å²) in [6.45, 7) is 6.67. The maximum Gasteiger partial charge on any atom is 0.134 e. The lowest BCUT2D eigenvalue weighted by atomic mass is 9.94. The van der Waals surface area contributed by atoms with Crippen molar-refractivity contribution in [1.82, 2.24) is 9.97 Å². The Hall–Kier alpha value is -1.36.